The number of fused-ring (bicyclic) bond motifs is 1. The molecule has 0 aromatic rings. The fraction of sp³-hybridized carbons (Fsp3) is 0.833. The molecule has 2 rings (SSSR count). The molecule has 2 unspecified atom stereocenters. The molecule has 3 heteroatoms. The van der Waals surface area contributed by atoms with E-state index in [9.17, 15) is 9.59 Å². The van der Waals surface area contributed by atoms with Crippen LogP contribution in [-0.2, 0) is 9.59 Å². The van der Waals surface area contributed by atoms with Crippen LogP contribution in [0.1, 0.15) is 51.4 Å². The highest BCUT2D eigenvalue weighted by molar-refractivity contribution is 5.89. The van der Waals surface area contributed by atoms with Gasteiger partial charge in [0.2, 0.25) is 5.91 Å². The maximum atomic E-state index is 11.9. The molecular formula is C12H19NO2. The summed E-state index contributed by atoms with van der Waals surface area (Å²) in [6.45, 7) is 0. The van der Waals surface area contributed by atoms with Crippen molar-refractivity contribution in [2.24, 2.45) is 5.92 Å². The fourth-order valence-corrected chi connectivity index (χ4v) is 2.74. The van der Waals surface area contributed by atoms with Crippen molar-refractivity contribution in [1.82, 2.24) is 5.32 Å². The summed E-state index contributed by atoms with van der Waals surface area (Å²) < 4.78 is 0. The number of hydrogen-bond acceptors (Lipinski definition) is 2. The zero-order valence-corrected chi connectivity index (χ0v) is 9.13. The molecule has 3 nitrogen and oxygen atoms in total. The summed E-state index contributed by atoms with van der Waals surface area (Å²) in [4.78, 5) is 23.3. The highest BCUT2D eigenvalue weighted by Gasteiger charge is 2.32. The van der Waals surface area contributed by atoms with E-state index in [1.54, 1.807) is 0 Å². The number of nitrogens with one attached hydrogen (secondary N) is 1. The van der Waals surface area contributed by atoms with Crippen molar-refractivity contribution >= 4 is 11.7 Å². The van der Waals surface area contributed by atoms with Crippen LogP contribution in [0.2, 0.25) is 0 Å². The van der Waals surface area contributed by atoms with Crippen molar-refractivity contribution in [2.45, 2.75) is 57.4 Å². The number of carbonyl (C=O) groups excluding carboxylic acids is 2. The average Bonchev–Trinajstić information content (AvgIpc) is 2.29. The van der Waals surface area contributed by atoms with Gasteiger partial charge in [-0.2, -0.15) is 0 Å². The Bertz CT molecular complexity index is 262. The monoisotopic (exact) mass is 209 g/mol. The number of hydrogen-bond donors (Lipinski definition) is 1. The third-order valence-corrected chi connectivity index (χ3v) is 3.62. The third-order valence-electron chi connectivity index (χ3n) is 3.62. The Labute approximate surface area is 90.6 Å². The molecule has 0 aromatic carbocycles. The first kappa shape index (κ1) is 10.7. The van der Waals surface area contributed by atoms with Gasteiger partial charge in [-0.15, -0.1) is 0 Å². The molecule has 0 aromatic heterocycles. The van der Waals surface area contributed by atoms with Crippen LogP contribution in [0.25, 0.3) is 0 Å². The van der Waals surface area contributed by atoms with Gasteiger partial charge in [-0.25, -0.2) is 0 Å². The molecule has 0 bridgehead atoms. The summed E-state index contributed by atoms with van der Waals surface area (Å²) >= 11 is 0. The lowest BCUT2D eigenvalue weighted by molar-refractivity contribution is -0.124. The zero-order chi connectivity index (χ0) is 10.7. The second-order valence-corrected chi connectivity index (χ2v) is 4.74. The predicted octanol–water partition coefficient (Wildman–Crippen LogP) is 1.80. The molecule has 2 aliphatic rings. The Kier molecular flexibility index (Phi) is 3.39. The standard InChI is InChI=1S/C12H19NO2/c14-11-7-8-12(15)13-10-6-4-2-1-3-5-9(10)11/h9-10H,1-8H2,(H,13,15). The van der Waals surface area contributed by atoms with E-state index in [1.807, 2.05) is 0 Å². The Morgan fingerprint density at radius 2 is 1.67 bits per heavy atom. The normalized spacial score (nSPS) is 33.3. The molecular weight excluding hydrogens is 190 g/mol. The number of ketones is 1. The second kappa shape index (κ2) is 4.77. The maximum absolute atomic E-state index is 11.9. The molecule has 2 atom stereocenters. The topological polar surface area (TPSA) is 46.2 Å². The molecule has 1 aliphatic carbocycles. The van der Waals surface area contributed by atoms with E-state index >= 15 is 0 Å². The van der Waals surface area contributed by atoms with Crippen molar-refractivity contribution in [3.05, 3.63) is 0 Å². The van der Waals surface area contributed by atoms with Gasteiger partial charge in [0.05, 0.1) is 0 Å². The first-order valence-corrected chi connectivity index (χ1v) is 6.09. The Morgan fingerprint density at radius 3 is 2.47 bits per heavy atom. The van der Waals surface area contributed by atoms with Crippen molar-refractivity contribution < 1.29 is 9.59 Å². The lowest BCUT2D eigenvalue weighted by Crippen LogP contribution is -2.40. The molecule has 1 N–H and O–H groups in total. The Hall–Kier alpha value is -0.860. The van der Waals surface area contributed by atoms with E-state index in [0.29, 0.717) is 18.6 Å². The Morgan fingerprint density at radius 1 is 0.933 bits per heavy atom. The largest absolute Gasteiger partial charge is 0.353 e. The second-order valence-electron chi connectivity index (χ2n) is 4.74. The first-order chi connectivity index (χ1) is 7.27. The molecule has 2 fully saturated rings. The van der Waals surface area contributed by atoms with Crippen LogP contribution in [0.5, 0.6) is 0 Å². The number of rotatable bonds is 0. The van der Waals surface area contributed by atoms with Crippen molar-refractivity contribution in [1.29, 1.82) is 0 Å². The predicted molar refractivity (Wildman–Crippen MR) is 57.4 cm³/mol. The first-order valence-electron chi connectivity index (χ1n) is 6.09. The summed E-state index contributed by atoms with van der Waals surface area (Å²) in [5.41, 5.74) is 0. The minimum Gasteiger partial charge on any atom is -0.353 e. The van der Waals surface area contributed by atoms with Crippen LogP contribution < -0.4 is 5.32 Å². The smallest absolute Gasteiger partial charge is 0.220 e. The summed E-state index contributed by atoms with van der Waals surface area (Å²) in [5.74, 6) is 0.480. The van der Waals surface area contributed by atoms with Gasteiger partial charge in [0, 0.05) is 24.8 Å². The minimum absolute atomic E-state index is 0.0661. The molecule has 0 spiro atoms. The molecule has 1 heterocycles. The van der Waals surface area contributed by atoms with E-state index in [1.165, 1.54) is 12.8 Å². The van der Waals surface area contributed by atoms with E-state index in [4.69, 9.17) is 0 Å². The molecule has 1 amide bonds. The summed E-state index contributed by atoms with van der Waals surface area (Å²) in [5, 5.41) is 3.02. The van der Waals surface area contributed by atoms with Crippen LogP contribution in [0.15, 0.2) is 0 Å². The number of amides is 1. The highest BCUT2D eigenvalue weighted by Crippen LogP contribution is 2.26. The van der Waals surface area contributed by atoms with E-state index < -0.39 is 0 Å². The van der Waals surface area contributed by atoms with Crippen LogP contribution in [-0.4, -0.2) is 17.7 Å². The third kappa shape index (κ3) is 2.58. The molecule has 0 radical (unpaired) electrons. The lowest BCUT2D eigenvalue weighted by atomic mass is 9.84. The molecule has 1 saturated carbocycles. The molecule has 1 saturated heterocycles. The van der Waals surface area contributed by atoms with Crippen LogP contribution in [0, 0.1) is 5.92 Å². The van der Waals surface area contributed by atoms with E-state index in [0.717, 1.165) is 25.7 Å². The van der Waals surface area contributed by atoms with Gasteiger partial charge in [0.15, 0.2) is 0 Å². The maximum Gasteiger partial charge on any atom is 0.220 e. The zero-order valence-electron chi connectivity index (χ0n) is 9.13. The summed E-state index contributed by atoms with van der Waals surface area (Å²) in [6, 6.07) is 0.132. The van der Waals surface area contributed by atoms with Gasteiger partial charge in [-0.3, -0.25) is 9.59 Å². The van der Waals surface area contributed by atoms with Crippen LogP contribution in [0.3, 0.4) is 0 Å². The van der Waals surface area contributed by atoms with Gasteiger partial charge in [-0.05, 0) is 12.8 Å². The highest BCUT2D eigenvalue weighted by atomic mass is 16.2. The van der Waals surface area contributed by atoms with Crippen molar-refractivity contribution in [3.8, 4) is 0 Å². The van der Waals surface area contributed by atoms with Gasteiger partial charge >= 0.3 is 0 Å². The van der Waals surface area contributed by atoms with E-state index in [-0.39, 0.29) is 17.9 Å². The molecule has 84 valence electrons. The van der Waals surface area contributed by atoms with Crippen molar-refractivity contribution in [2.75, 3.05) is 0 Å². The lowest BCUT2D eigenvalue weighted by Gasteiger charge is -2.26. The van der Waals surface area contributed by atoms with Gasteiger partial charge in [-0.1, -0.05) is 25.7 Å². The van der Waals surface area contributed by atoms with Crippen LogP contribution >= 0.6 is 0 Å². The van der Waals surface area contributed by atoms with Gasteiger partial charge < -0.3 is 5.32 Å². The number of carbonyl (C=O) groups is 2. The minimum atomic E-state index is 0.0661. The Balaban J connectivity index is 2.10. The van der Waals surface area contributed by atoms with Crippen molar-refractivity contribution in [3.63, 3.8) is 0 Å². The average molecular weight is 209 g/mol. The van der Waals surface area contributed by atoms with E-state index in [2.05, 4.69) is 5.32 Å². The SMILES string of the molecule is O=C1CCC(=O)C2CCCCCCC2N1. The number of Topliss-reactive ketones (excluding diaryl/α,β-unsaturated/α-hetero) is 1. The molecule has 15 heavy (non-hydrogen) atoms. The quantitative estimate of drug-likeness (QED) is 0.661. The van der Waals surface area contributed by atoms with Gasteiger partial charge in [0.25, 0.3) is 0 Å². The summed E-state index contributed by atoms with van der Waals surface area (Å²) in [6.07, 6.45) is 7.58. The fourth-order valence-electron chi connectivity index (χ4n) is 2.74. The van der Waals surface area contributed by atoms with Gasteiger partial charge in [0.1, 0.15) is 5.78 Å². The molecule has 1 aliphatic heterocycles. The van der Waals surface area contributed by atoms with Crippen LogP contribution in [0.4, 0.5) is 0 Å². The summed E-state index contributed by atoms with van der Waals surface area (Å²) in [7, 11) is 0.